The van der Waals surface area contributed by atoms with Crippen LogP contribution in [0, 0.1) is 0 Å². The maximum Gasteiger partial charge on any atom is 0.226 e. The fourth-order valence-electron chi connectivity index (χ4n) is 3.34. The van der Waals surface area contributed by atoms with Crippen molar-refractivity contribution in [2.45, 2.75) is 38.2 Å². The number of carbonyl (C=O) groups is 1. The summed E-state index contributed by atoms with van der Waals surface area (Å²) in [6.45, 7) is 4.18. The number of anilines is 1. The van der Waals surface area contributed by atoms with E-state index in [-0.39, 0.29) is 17.4 Å². The molecular weight excluding hydrogens is 266 g/mol. The van der Waals surface area contributed by atoms with E-state index in [0.717, 1.165) is 23.3 Å². The lowest BCUT2D eigenvalue weighted by Crippen LogP contribution is -2.26. The lowest BCUT2D eigenvalue weighted by atomic mass is 9.86. The summed E-state index contributed by atoms with van der Waals surface area (Å²) in [6.07, 6.45) is 3.11. The second-order valence-corrected chi connectivity index (χ2v) is 6.38. The second-order valence-electron chi connectivity index (χ2n) is 6.38. The van der Waals surface area contributed by atoms with E-state index in [1.807, 2.05) is 6.07 Å². The van der Waals surface area contributed by atoms with Crippen LogP contribution in [0.4, 0.5) is 5.82 Å². The number of aromatic nitrogens is 2. The summed E-state index contributed by atoms with van der Waals surface area (Å²) in [5.41, 5.74) is 3.13. The number of nitrogens with zero attached hydrogens (tertiary/aromatic N) is 1. The Balaban J connectivity index is 1.84. The number of ether oxygens (including phenoxy) is 1. The third-order valence-corrected chi connectivity index (χ3v) is 4.19. The summed E-state index contributed by atoms with van der Waals surface area (Å²) in [7, 11) is 0. The van der Waals surface area contributed by atoms with E-state index in [0.29, 0.717) is 12.2 Å². The van der Waals surface area contributed by atoms with E-state index in [1.165, 1.54) is 5.56 Å². The van der Waals surface area contributed by atoms with Crippen LogP contribution in [0.3, 0.4) is 0 Å². The molecule has 2 aromatic rings. The van der Waals surface area contributed by atoms with Gasteiger partial charge in [-0.3, -0.25) is 9.89 Å². The van der Waals surface area contributed by atoms with E-state index >= 15 is 0 Å². The van der Waals surface area contributed by atoms with Crippen LogP contribution < -0.4 is 10.1 Å². The molecule has 5 heteroatoms. The number of aromatic amines is 1. The lowest BCUT2D eigenvalue weighted by Gasteiger charge is -2.25. The van der Waals surface area contributed by atoms with Crippen LogP contribution in [0.2, 0.25) is 0 Å². The largest absolute Gasteiger partial charge is 0.487 e. The molecular formula is C16H17N3O2. The van der Waals surface area contributed by atoms with Crippen molar-refractivity contribution in [1.29, 1.82) is 0 Å². The summed E-state index contributed by atoms with van der Waals surface area (Å²) in [6, 6.07) is 6.21. The van der Waals surface area contributed by atoms with Crippen LogP contribution in [0.5, 0.6) is 5.75 Å². The molecule has 0 saturated carbocycles. The minimum absolute atomic E-state index is 0.00338. The van der Waals surface area contributed by atoms with E-state index < -0.39 is 0 Å². The monoisotopic (exact) mass is 283 g/mol. The number of amides is 1. The fourth-order valence-corrected chi connectivity index (χ4v) is 3.34. The quantitative estimate of drug-likeness (QED) is 0.845. The van der Waals surface area contributed by atoms with Gasteiger partial charge in [-0.2, -0.15) is 5.10 Å². The van der Waals surface area contributed by atoms with E-state index in [4.69, 9.17) is 4.74 Å². The van der Waals surface area contributed by atoms with Crippen molar-refractivity contribution in [2.75, 3.05) is 5.32 Å². The van der Waals surface area contributed by atoms with Gasteiger partial charge in [0.15, 0.2) is 0 Å². The molecule has 2 aliphatic rings. The predicted octanol–water partition coefficient (Wildman–Crippen LogP) is 2.60. The first kappa shape index (κ1) is 12.4. The van der Waals surface area contributed by atoms with Crippen molar-refractivity contribution in [1.82, 2.24) is 10.2 Å². The highest BCUT2D eigenvalue weighted by atomic mass is 16.5. The molecule has 21 heavy (non-hydrogen) atoms. The Morgan fingerprint density at radius 2 is 2.19 bits per heavy atom. The number of para-hydroxylation sites is 1. The molecule has 1 atom stereocenters. The predicted molar refractivity (Wildman–Crippen MR) is 78.5 cm³/mol. The van der Waals surface area contributed by atoms with Crippen molar-refractivity contribution < 1.29 is 9.53 Å². The Bertz CT molecular complexity index is 733. The van der Waals surface area contributed by atoms with Crippen LogP contribution in [0.15, 0.2) is 24.4 Å². The minimum Gasteiger partial charge on any atom is -0.487 e. The third kappa shape index (κ3) is 1.92. The van der Waals surface area contributed by atoms with Crippen LogP contribution >= 0.6 is 0 Å². The summed E-state index contributed by atoms with van der Waals surface area (Å²) in [5.74, 6) is 1.64. The molecule has 2 aliphatic heterocycles. The van der Waals surface area contributed by atoms with Gasteiger partial charge in [0.25, 0.3) is 0 Å². The van der Waals surface area contributed by atoms with Gasteiger partial charge in [-0.25, -0.2) is 0 Å². The zero-order chi connectivity index (χ0) is 14.6. The van der Waals surface area contributed by atoms with Gasteiger partial charge < -0.3 is 10.1 Å². The topological polar surface area (TPSA) is 67.0 Å². The van der Waals surface area contributed by atoms with Gasteiger partial charge in [-0.1, -0.05) is 18.2 Å². The van der Waals surface area contributed by atoms with E-state index in [2.05, 4.69) is 41.5 Å². The zero-order valence-electron chi connectivity index (χ0n) is 12.1. The molecule has 3 heterocycles. The highest BCUT2D eigenvalue weighted by Crippen LogP contribution is 2.45. The average Bonchev–Trinajstić information content (AvgIpc) is 2.98. The number of benzene rings is 1. The number of hydrogen-bond donors (Lipinski definition) is 2. The molecule has 0 fully saturated rings. The first-order chi connectivity index (χ1) is 10.0. The molecule has 5 nitrogen and oxygen atoms in total. The SMILES string of the molecule is CC1(C)Cc2cccc(C3CC(=O)Nc4[nH]ncc43)c2O1. The highest BCUT2D eigenvalue weighted by Gasteiger charge is 2.36. The van der Waals surface area contributed by atoms with E-state index in [9.17, 15) is 4.79 Å². The molecule has 108 valence electrons. The molecule has 2 N–H and O–H groups in total. The number of H-pyrrole nitrogens is 1. The number of hydrogen-bond acceptors (Lipinski definition) is 3. The second kappa shape index (κ2) is 4.10. The van der Waals surface area contributed by atoms with Crippen molar-refractivity contribution in [2.24, 2.45) is 0 Å². The molecule has 0 saturated heterocycles. The number of rotatable bonds is 1. The molecule has 4 rings (SSSR count). The Morgan fingerprint density at radius 3 is 3.05 bits per heavy atom. The van der Waals surface area contributed by atoms with Gasteiger partial charge in [0, 0.05) is 29.9 Å². The summed E-state index contributed by atoms with van der Waals surface area (Å²) >= 11 is 0. The summed E-state index contributed by atoms with van der Waals surface area (Å²) < 4.78 is 6.14. The fraction of sp³-hybridized carbons (Fsp3) is 0.375. The zero-order valence-corrected chi connectivity index (χ0v) is 12.1. The van der Waals surface area contributed by atoms with Crippen molar-refractivity contribution in [3.05, 3.63) is 41.1 Å². The molecule has 1 aromatic heterocycles. The Hall–Kier alpha value is -2.30. The van der Waals surface area contributed by atoms with Crippen LogP contribution in [0.1, 0.15) is 42.9 Å². The highest BCUT2D eigenvalue weighted by molar-refractivity contribution is 5.94. The molecule has 0 bridgehead atoms. The smallest absolute Gasteiger partial charge is 0.226 e. The molecule has 1 aromatic carbocycles. The number of nitrogens with one attached hydrogen (secondary N) is 2. The summed E-state index contributed by atoms with van der Waals surface area (Å²) in [5, 5.41) is 9.73. The van der Waals surface area contributed by atoms with Crippen molar-refractivity contribution in [3.8, 4) is 5.75 Å². The lowest BCUT2D eigenvalue weighted by molar-refractivity contribution is -0.116. The van der Waals surface area contributed by atoms with Crippen LogP contribution in [0.25, 0.3) is 0 Å². The van der Waals surface area contributed by atoms with Crippen LogP contribution in [-0.4, -0.2) is 21.7 Å². The summed E-state index contributed by atoms with van der Waals surface area (Å²) in [4.78, 5) is 11.9. The molecule has 1 unspecified atom stereocenters. The van der Waals surface area contributed by atoms with Crippen molar-refractivity contribution >= 4 is 11.7 Å². The van der Waals surface area contributed by atoms with Crippen LogP contribution in [-0.2, 0) is 11.2 Å². The van der Waals surface area contributed by atoms with Gasteiger partial charge in [0.2, 0.25) is 5.91 Å². The molecule has 0 aliphatic carbocycles. The molecule has 0 spiro atoms. The number of carbonyl (C=O) groups excluding carboxylic acids is 1. The molecule has 1 amide bonds. The molecule has 0 radical (unpaired) electrons. The Morgan fingerprint density at radius 1 is 1.33 bits per heavy atom. The third-order valence-electron chi connectivity index (χ3n) is 4.19. The first-order valence-electron chi connectivity index (χ1n) is 7.17. The standard InChI is InChI=1S/C16H17N3O2/c1-16(2)7-9-4-3-5-10(14(9)21-16)11-6-13(20)18-15-12(11)8-17-19-15/h3-5,8,11H,6-7H2,1-2H3,(H2,17,18,19,20). The van der Waals surface area contributed by atoms with Gasteiger partial charge in [0.05, 0.1) is 6.20 Å². The number of fused-ring (bicyclic) bond motifs is 2. The maximum absolute atomic E-state index is 11.9. The van der Waals surface area contributed by atoms with E-state index in [1.54, 1.807) is 6.20 Å². The van der Waals surface area contributed by atoms with Gasteiger partial charge >= 0.3 is 0 Å². The van der Waals surface area contributed by atoms with Gasteiger partial charge in [0.1, 0.15) is 17.2 Å². The van der Waals surface area contributed by atoms with Gasteiger partial charge in [-0.05, 0) is 19.4 Å². The maximum atomic E-state index is 11.9. The normalized spacial score (nSPS) is 22.2. The van der Waals surface area contributed by atoms with Gasteiger partial charge in [-0.15, -0.1) is 0 Å². The minimum atomic E-state index is -0.186. The first-order valence-corrected chi connectivity index (χ1v) is 7.17. The average molecular weight is 283 g/mol. The Kier molecular flexibility index (Phi) is 2.43. The Labute approximate surface area is 122 Å². The van der Waals surface area contributed by atoms with Crippen molar-refractivity contribution in [3.63, 3.8) is 0 Å².